The van der Waals surface area contributed by atoms with E-state index in [2.05, 4.69) is 34.1 Å². The molecule has 0 fully saturated rings. The van der Waals surface area contributed by atoms with Gasteiger partial charge in [0.1, 0.15) is 6.29 Å². The molecule has 1 aliphatic carbocycles. The molecule has 0 radical (unpaired) electrons. The summed E-state index contributed by atoms with van der Waals surface area (Å²) in [5.74, 6) is 0.367. The van der Waals surface area contributed by atoms with Gasteiger partial charge in [-0.2, -0.15) is 0 Å². The van der Waals surface area contributed by atoms with Gasteiger partial charge in [0.2, 0.25) is 0 Å². The van der Waals surface area contributed by atoms with Crippen LogP contribution in [0.1, 0.15) is 43.7 Å². The van der Waals surface area contributed by atoms with E-state index in [1.165, 1.54) is 22.0 Å². The Morgan fingerprint density at radius 1 is 1.44 bits per heavy atom. The Hall–Kier alpha value is -0.630. The second-order valence-corrected chi connectivity index (χ2v) is 6.05. The van der Waals surface area contributed by atoms with Crippen molar-refractivity contribution in [2.24, 2.45) is 5.41 Å². The molecule has 0 amide bonds. The van der Waals surface area contributed by atoms with Crippen LogP contribution in [-0.2, 0) is 11.2 Å². The fourth-order valence-electron chi connectivity index (χ4n) is 2.66. The van der Waals surface area contributed by atoms with E-state index in [9.17, 15) is 4.79 Å². The van der Waals surface area contributed by atoms with E-state index in [1.54, 1.807) is 0 Å². The molecule has 0 saturated carbocycles. The molecule has 1 aromatic carbocycles. The first kappa shape index (κ1) is 11.8. The van der Waals surface area contributed by atoms with Gasteiger partial charge in [-0.15, -0.1) is 0 Å². The molecule has 16 heavy (non-hydrogen) atoms. The van der Waals surface area contributed by atoms with Crippen LogP contribution in [0.15, 0.2) is 22.7 Å². The summed E-state index contributed by atoms with van der Waals surface area (Å²) in [6.45, 7) is 4.08. The normalized spacial score (nSPS) is 20.3. The van der Waals surface area contributed by atoms with Gasteiger partial charge in [-0.1, -0.05) is 41.9 Å². The maximum Gasteiger partial charge on any atom is 0.126 e. The minimum absolute atomic E-state index is 0.254. The summed E-state index contributed by atoms with van der Waals surface area (Å²) < 4.78 is 1.19. The molecule has 2 rings (SSSR count). The second kappa shape index (κ2) is 4.33. The van der Waals surface area contributed by atoms with Crippen molar-refractivity contribution in [2.75, 3.05) is 0 Å². The second-order valence-electron chi connectivity index (χ2n) is 5.19. The first-order chi connectivity index (χ1) is 7.56. The summed E-state index contributed by atoms with van der Waals surface area (Å²) in [4.78, 5) is 11.2. The maximum atomic E-state index is 11.2. The Labute approximate surface area is 105 Å². The maximum absolute atomic E-state index is 11.2. The Morgan fingerprint density at radius 3 is 2.88 bits per heavy atom. The number of hydrogen-bond donors (Lipinski definition) is 0. The van der Waals surface area contributed by atoms with Gasteiger partial charge in [0.25, 0.3) is 0 Å². The van der Waals surface area contributed by atoms with E-state index in [-0.39, 0.29) is 5.41 Å². The van der Waals surface area contributed by atoms with Crippen molar-refractivity contribution in [1.82, 2.24) is 0 Å². The van der Waals surface area contributed by atoms with Crippen molar-refractivity contribution >= 4 is 22.2 Å². The van der Waals surface area contributed by atoms with Crippen molar-refractivity contribution in [3.05, 3.63) is 33.8 Å². The molecule has 1 aliphatic rings. The number of benzene rings is 1. The van der Waals surface area contributed by atoms with Gasteiger partial charge in [-0.05, 0) is 42.4 Å². The molecule has 0 aliphatic heterocycles. The lowest BCUT2D eigenvalue weighted by atomic mass is 9.69. The van der Waals surface area contributed by atoms with E-state index in [0.29, 0.717) is 5.92 Å². The van der Waals surface area contributed by atoms with E-state index < -0.39 is 0 Å². The molecular weight excluding hydrogens is 264 g/mol. The van der Waals surface area contributed by atoms with E-state index in [1.807, 2.05) is 13.8 Å². The van der Waals surface area contributed by atoms with Gasteiger partial charge < -0.3 is 4.79 Å². The third-order valence-corrected chi connectivity index (χ3v) is 4.39. The summed E-state index contributed by atoms with van der Waals surface area (Å²) in [7, 11) is 0. The molecule has 0 heterocycles. The smallest absolute Gasteiger partial charge is 0.126 e. The number of hydrogen-bond acceptors (Lipinski definition) is 1. The Balaban J connectivity index is 2.48. The van der Waals surface area contributed by atoms with E-state index in [0.717, 1.165) is 19.1 Å². The Morgan fingerprint density at radius 2 is 2.19 bits per heavy atom. The molecule has 1 nitrogen and oxygen atoms in total. The summed E-state index contributed by atoms with van der Waals surface area (Å²) in [6, 6.07) is 6.34. The van der Waals surface area contributed by atoms with Crippen LogP contribution < -0.4 is 0 Å². The Kier molecular flexibility index (Phi) is 3.20. The summed E-state index contributed by atoms with van der Waals surface area (Å²) in [5, 5.41) is 0. The number of carbonyl (C=O) groups excluding carboxylic acids is 1. The average molecular weight is 281 g/mol. The summed E-state index contributed by atoms with van der Waals surface area (Å²) in [5.41, 5.74) is 2.50. The predicted molar refractivity (Wildman–Crippen MR) is 69.7 cm³/mol. The summed E-state index contributed by atoms with van der Waals surface area (Å²) in [6.07, 6.45) is 4.53. The van der Waals surface area contributed by atoms with Gasteiger partial charge in [-0.3, -0.25) is 0 Å². The molecule has 2 heteroatoms. The molecule has 1 unspecified atom stereocenters. The average Bonchev–Trinajstić information content (AvgIpc) is 2.29. The lowest BCUT2D eigenvalue weighted by Gasteiger charge is -2.35. The van der Waals surface area contributed by atoms with Crippen molar-refractivity contribution < 1.29 is 4.79 Å². The van der Waals surface area contributed by atoms with Gasteiger partial charge in [-0.25, -0.2) is 0 Å². The number of fused-ring (bicyclic) bond motifs is 1. The van der Waals surface area contributed by atoms with Crippen LogP contribution in [0.2, 0.25) is 0 Å². The van der Waals surface area contributed by atoms with Gasteiger partial charge >= 0.3 is 0 Å². The van der Waals surface area contributed by atoms with Crippen LogP contribution in [0, 0.1) is 5.41 Å². The largest absolute Gasteiger partial charge is 0.303 e. The van der Waals surface area contributed by atoms with Crippen LogP contribution in [0.3, 0.4) is 0 Å². The first-order valence-electron chi connectivity index (χ1n) is 5.80. The minimum Gasteiger partial charge on any atom is -0.303 e. The van der Waals surface area contributed by atoms with Crippen molar-refractivity contribution in [2.45, 2.75) is 39.0 Å². The summed E-state index contributed by atoms with van der Waals surface area (Å²) >= 11 is 3.61. The Bertz CT molecular complexity index is 409. The van der Waals surface area contributed by atoms with Crippen molar-refractivity contribution in [1.29, 1.82) is 0 Å². The number of halogens is 1. The van der Waals surface area contributed by atoms with Crippen LogP contribution in [0.25, 0.3) is 0 Å². The minimum atomic E-state index is -0.254. The van der Waals surface area contributed by atoms with Crippen LogP contribution in [0.4, 0.5) is 0 Å². The lowest BCUT2D eigenvalue weighted by molar-refractivity contribution is -0.115. The van der Waals surface area contributed by atoms with Crippen molar-refractivity contribution in [3.63, 3.8) is 0 Å². The molecule has 0 bridgehead atoms. The zero-order chi connectivity index (χ0) is 11.8. The SMILES string of the molecule is CC(C)(C=O)C1CCCc2c(Br)cccc21. The van der Waals surface area contributed by atoms with Gasteiger partial charge in [0.15, 0.2) is 0 Å². The number of carbonyl (C=O) groups is 1. The topological polar surface area (TPSA) is 17.1 Å². The first-order valence-corrected chi connectivity index (χ1v) is 6.59. The molecular formula is C14H17BrO. The van der Waals surface area contributed by atoms with Gasteiger partial charge in [0, 0.05) is 9.89 Å². The molecule has 0 spiro atoms. The fraction of sp³-hybridized carbons (Fsp3) is 0.500. The number of rotatable bonds is 2. The highest BCUT2D eigenvalue weighted by Gasteiger charge is 2.34. The molecule has 86 valence electrons. The highest BCUT2D eigenvalue weighted by Crippen LogP contribution is 2.44. The van der Waals surface area contributed by atoms with Crippen molar-refractivity contribution in [3.8, 4) is 0 Å². The van der Waals surface area contributed by atoms with Gasteiger partial charge in [0.05, 0.1) is 0 Å². The third kappa shape index (κ3) is 1.95. The quantitative estimate of drug-likeness (QED) is 0.746. The molecule has 1 aromatic rings. The third-order valence-electron chi connectivity index (χ3n) is 3.65. The van der Waals surface area contributed by atoms with Crippen LogP contribution in [-0.4, -0.2) is 6.29 Å². The fourth-order valence-corrected chi connectivity index (χ4v) is 3.24. The zero-order valence-corrected chi connectivity index (χ0v) is 11.4. The van der Waals surface area contributed by atoms with E-state index in [4.69, 9.17) is 0 Å². The molecule has 1 atom stereocenters. The molecule has 0 aromatic heterocycles. The standard InChI is InChI=1S/C14H17BrO/c1-14(2,9-16)12-7-3-6-11-10(12)5-4-8-13(11)15/h4-5,8-9,12H,3,6-7H2,1-2H3. The molecule has 0 saturated heterocycles. The highest BCUT2D eigenvalue weighted by molar-refractivity contribution is 9.10. The number of aldehydes is 1. The van der Waals surface area contributed by atoms with Crippen LogP contribution >= 0.6 is 15.9 Å². The molecule has 0 N–H and O–H groups in total. The predicted octanol–water partition coefficient (Wildman–Crippen LogP) is 4.09. The monoisotopic (exact) mass is 280 g/mol. The lowest BCUT2D eigenvalue weighted by Crippen LogP contribution is -2.27. The van der Waals surface area contributed by atoms with E-state index >= 15 is 0 Å². The zero-order valence-electron chi connectivity index (χ0n) is 9.79. The highest BCUT2D eigenvalue weighted by atomic mass is 79.9. The van der Waals surface area contributed by atoms with Crippen LogP contribution in [0.5, 0.6) is 0 Å².